The van der Waals surface area contributed by atoms with Crippen molar-refractivity contribution in [3.63, 3.8) is 0 Å². The maximum absolute atomic E-state index is 11.9. The average Bonchev–Trinajstić information content (AvgIpc) is 2.47. The molecule has 0 aliphatic carbocycles. The number of para-hydroxylation sites is 2. The van der Waals surface area contributed by atoms with E-state index >= 15 is 0 Å². The number of Topliss-reactive ketones (excluding diaryl/α,β-unsaturated/α-hetero) is 1. The van der Waals surface area contributed by atoms with Gasteiger partial charge in [-0.25, -0.2) is 0 Å². The normalized spacial score (nSPS) is 17.7. The Labute approximate surface area is 120 Å². The first-order valence-electron chi connectivity index (χ1n) is 7.15. The van der Waals surface area contributed by atoms with Gasteiger partial charge in [0.05, 0.1) is 5.69 Å². The average molecular weight is 265 g/mol. The fraction of sp³-hybridized carbons (Fsp3) is 0.278. The third-order valence-corrected chi connectivity index (χ3v) is 4.07. The molecule has 0 saturated carbocycles. The van der Waals surface area contributed by atoms with Crippen LogP contribution >= 0.6 is 0 Å². The van der Waals surface area contributed by atoms with Crippen molar-refractivity contribution in [1.29, 1.82) is 0 Å². The molecule has 3 rings (SSSR count). The van der Waals surface area contributed by atoms with E-state index in [0.717, 1.165) is 24.1 Å². The van der Waals surface area contributed by atoms with Gasteiger partial charge in [0.15, 0.2) is 5.78 Å². The zero-order valence-electron chi connectivity index (χ0n) is 12.0. The zero-order chi connectivity index (χ0) is 14.1. The van der Waals surface area contributed by atoms with E-state index in [-0.39, 0.29) is 5.78 Å². The highest BCUT2D eigenvalue weighted by Crippen LogP contribution is 2.38. The van der Waals surface area contributed by atoms with Gasteiger partial charge < -0.3 is 4.90 Å². The SMILES string of the molecule is CC(=O)c1ccccc1N1c2ccccc2CCC1C. The summed E-state index contributed by atoms with van der Waals surface area (Å²) in [5.41, 5.74) is 4.43. The number of aryl methyl sites for hydroxylation is 1. The van der Waals surface area contributed by atoms with E-state index < -0.39 is 0 Å². The lowest BCUT2D eigenvalue weighted by atomic mass is 9.94. The summed E-state index contributed by atoms with van der Waals surface area (Å²) in [7, 11) is 0. The van der Waals surface area contributed by atoms with E-state index in [2.05, 4.69) is 42.2 Å². The van der Waals surface area contributed by atoms with E-state index in [4.69, 9.17) is 0 Å². The number of carbonyl (C=O) groups is 1. The summed E-state index contributed by atoms with van der Waals surface area (Å²) in [6.07, 6.45) is 2.22. The van der Waals surface area contributed by atoms with Crippen LogP contribution in [0.2, 0.25) is 0 Å². The highest BCUT2D eigenvalue weighted by atomic mass is 16.1. The van der Waals surface area contributed by atoms with Crippen molar-refractivity contribution in [1.82, 2.24) is 0 Å². The molecule has 0 amide bonds. The molecule has 2 aromatic carbocycles. The second-order valence-electron chi connectivity index (χ2n) is 5.46. The highest BCUT2D eigenvalue weighted by molar-refractivity contribution is 6.00. The van der Waals surface area contributed by atoms with Gasteiger partial charge >= 0.3 is 0 Å². The van der Waals surface area contributed by atoms with Crippen LogP contribution in [0.1, 0.15) is 36.2 Å². The van der Waals surface area contributed by atoms with E-state index in [9.17, 15) is 4.79 Å². The molecular formula is C18H19NO. The van der Waals surface area contributed by atoms with Crippen molar-refractivity contribution in [3.8, 4) is 0 Å². The van der Waals surface area contributed by atoms with E-state index in [1.54, 1.807) is 6.92 Å². The first kappa shape index (κ1) is 12.9. The lowest BCUT2D eigenvalue weighted by Crippen LogP contribution is -2.34. The van der Waals surface area contributed by atoms with Gasteiger partial charge in [0.25, 0.3) is 0 Å². The number of nitrogens with zero attached hydrogens (tertiary/aromatic N) is 1. The molecular weight excluding hydrogens is 246 g/mol. The van der Waals surface area contributed by atoms with Gasteiger partial charge in [0.1, 0.15) is 0 Å². The zero-order valence-corrected chi connectivity index (χ0v) is 12.0. The molecule has 0 N–H and O–H groups in total. The largest absolute Gasteiger partial charge is 0.338 e. The summed E-state index contributed by atoms with van der Waals surface area (Å²) >= 11 is 0. The Kier molecular flexibility index (Phi) is 3.31. The molecule has 0 radical (unpaired) electrons. The smallest absolute Gasteiger partial charge is 0.161 e. The highest BCUT2D eigenvalue weighted by Gasteiger charge is 2.26. The predicted octanol–water partition coefficient (Wildman–Crippen LogP) is 4.36. The molecule has 0 spiro atoms. The van der Waals surface area contributed by atoms with Crippen LogP contribution in [0.3, 0.4) is 0 Å². The second-order valence-corrected chi connectivity index (χ2v) is 5.46. The summed E-state index contributed by atoms with van der Waals surface area (Å²) in [4.78, 5) is 14.2. The summed E-state index contributed by atoms with van der Waals surface area (Å²) in [6, 6.07) is 16.8. The molecule has 0 aromatic heterocycles. The number of hydrogen-bond donors (Lipinski definition) is 0. The monoisotopic (exact) mass is 265 g/mol. The van der Waals surface area contributed by atoms with Gasteiger partial charge in [-0.05, 0) is 50.5 Å². The van der Waals surface area contributed by atoms with Crippen LogP contribution < -0.4 is 4.90 Å². The molecule has 2 aromatic rings. The molecule has 0 fully saturated rings. The summed E-state index contributed by atoms with van der Waals surface area (Å²) < 4.78 is 0. The van der Waals surface area contributed by atoms with Crippen LogP contribution in [0.4, 0.5) is 11.4 Å². The minimum Gasteiger partial charge on any atom is -0.338 e. The number of anilines is 2. The summed E-state index contributed by atoms with van der Waals surface area (Å²) in [5.74, 6) is 0.121. The van der Waals surface area contributed by atoms with Crippen molar-refractivity contribution in [3.05, 3.63) is 59.7 Å². The van der Waals surface area contributed by atoms with Gasteiger partial charge in [-0.1, -0.05) is 30.3 Å². The lowest BCUT2D eigenvalue weighted by Gasteiger charge is -2.38. The number of benzene rings is 2. The van der Waals surface area contributed by atoms with Crippen LogP contribution in [0.5, 0.6) is 0 Å². The predicted molar refractivity (Wildman–Crippen MR) is 82.8 cm³/mol. The van der Waals surface area contributed by atoms with E-state index in [0.29, 0.717) is 6.04 Å². The van der Waals surface area contributed by atoms with Crippen LogP contribution in [-0.2, 0) is 6.42 Å². The van der Waals surface area contributed by atoms with Crippen molar-refractivity contribution < 1.29 is 4.79 Å². The summed E-state index contributed by atoms with van der Waals surface area (Å²) in [6.45, 7) is 3.87. The molecule has 2 heteroatoms. The van der Waals surface area contributed by atoms with Gasteiger partial charge in [-0.2, -0.15) is 0 Å². The fourth-order valence-corrected chi connectivity index (χ4v) is 3.04. The molecule has 102 valence electrons. The van der Waals surface area contributed by atoms with Crippen molar-refractivity contribution in [2.24, 2.45) is 0 Å². The van der Waals surface area contributed by atoms with Crippen molar-refractivity contribution in [2.75, 3.05) is 4.90 Å². The minimum absolute atomic E-state index is 0.121. The molecule has 0 bridgehead atoms. The molecule has 20 heavy (non-hydrogen) atoms. The van der Waals surface area contributed by atoms with Gasteiger partial charge in [-0.15, -0.1) is 0 Å². The number of carbonyl (C=O) groups excluding carboxylic acids is 1. The Bertz CT molecular complexity index is 647. The van der Waals surface area contributed by atoms with Gasteiger partial charge in [0.2, 0.25) is 0 Å². The molecule has 0 saturated heterocycles. The Balaban J connectivity index is 2.17. The van der Waals surface area contributed by atoms with Crippen LogP contribution in [0.25, 0.3) is 0 Å². The first-order chi connectivity index (χ1) is 9.68. The second kappa shape index (κ2) is 5.12. The van der Waals surface area contributed by atoms with Gasteiger partial charge in [-0.3, -0.25) is 4.79 Å². The van der Waals surface area contributed by atoms with E-state index in [1.165, 1.54) is 11.3 Å². The number of ketones is 1. The Hall–Kier alpha value is -2.09. The molecule has 1 aliphatic rings. The standard InChI is InChI=1S/C18H19NO/c1-13-11-12-15-7-3-5-9-17(15)19(13)18-10-6-4-8-16(18)14(2)20/h3-10,13H,11-12H2,1-2H3. The molecule has 2 nitrogen and oxygen atoms in total. The Morgan fingerprint density at radius 1 is 1.05 bits per heavy atom. The van der Waals surface area contributed by atoms with Crippen molar-refractivity contribution >= 4 is 17.2 Å². The summed E-state index contributed by atoms with van der Waals surface area (Å²) in [5, 5.41) is 0. The van der Waals surface area contributed by atoms with Crippen LogP contribution in [-0.4, -0.2) is 11.8 Å². The van der Waals surface area contributed by atoms with Gasteiger partial charge in [0, 0.05) is 17.3 Å². The van der Waals surface area contributed by atoms with Crippen molar-refractivity contribution in [2.45, 2.75) is 32.7 Å². The third kappa shape index (κ3) is 2.11. The Morgan fingerprint density at radius 2 is 1.70 bits per heavy atom. The topological polar surface area (TPSA) is 20.3 Å². The quantitative estimate of drug-likeness (QED) is 0.752. The third-order valence-electron chi connectivity index (χ3n) is 4.07. The molecule has 1 unspecified atom stereocenters. The fourth-order valence-electron chi connectivity index (χ4n) is 3.04. The lowest BCUT2D eigenvalue weighted by molar-refractivity contribution is 0.101. The molecule has 1 aliphatic heterocycles. The number of hydrogen-bond acceptors (Lipinski definition) is 2. The molecule has 1 atom stereocenters. The maximum Gasteiger partial charge on any atom is 0.161 e. The Morgan fingerprint density at radius 3 is 2.45 bits per heavy atom. The van der Waals surface area contributed by atoms with E-state index in [1.807, 2.05) is 18.2 Å². The van der Waals surface area contributed by atoms with Crippen LogP contribution in [0, 0.1) is 0 Å². The first-order valence-corrected chi connectivity index (χ1v) is 7.15. The maximum atomic E-state index is 11.9. The number of fused-ring (bicyclic) bond motifs is 1. The molecule has 1 heterocycles. The minimum atomic E-state index is 0.121. The number of rotatable bonds is 2. The van der Waals surface area contributed by atoms with Crippen LogP contribution in [0.15, 0.2) is 48.5 Å².